The molecule has 2 aliphatic heterocycles. The summed E-state index contributed by atoms with van der Waals surface area (Å²) in [5, 5.41) is 0. The predicted molar refractivity (Wildman–Crippen MR) is 86.3 cm³/mol. The molecule has 0 aromatic carbocycles. The lowest BCUT2D eigenvalue weighted by Gasteiger charge is -2.31. The van der Waals surface area contributed by atoms with E-state index in [2.05, 4.69) is 24.0 Å². The van der Waals surface area contributed by atoms with Crippen LogP contribution in [0.5, 0.6) is 0 Å². The number of hydrogen-bond donors (Lipinski definition) is 0. The maximum atomic E-state index is 12.7. The Hall–Kier alpha value is -1.50. The van der Waals surface area contributed by atoms with E-state index in [1.54, 1.807) is 24.5 Å². The van der Waals surface area contributed by atoms with Gasteiger partial charge >= 0.3 is 0 Å². The van der Waals surface area contributed by atoms with Crippen molar-refractivity contribution in [1.82, 2.24) is 14.8 Å². The molecule has 0 aliphatic carbocycles. The molecule has 2 aliphatic rings. The second-order valence-corrected chi connectivity index (χ2v) is 6.85. The van der Waals surface area contributed by atoms with Gasteiger partial charge in [0.05, 0.1) is 31.9 Å². The van der Waals surface area contributed by atoms with Crippen molar-refractivity contribution >= 4 is 5.91 Å². The molecule has 2 atom stereocenters. The standard InChI is InChI=1S/C17H25N3O3/c1-19(2)10-14-8-17(23-11-14)12-20(6-7-22-13-17)16(21)15-4-3-5-18-9-15/h3-5,9,14H,6-8,10-13H2,1-2H3/t14-,17+/m0/s1. The van der Waals surface area contributed by atoms with Gasteiger partial charge in [0.25, 0.3) is 5.91 Å². The van der Waals surface area contributed by atoms with Crippen molar-refractivity contribution in [1.29, 1.82) is 0 Å². The average Bonchev–Trinajstić information content (AvgIpc) is 2.79. The van der Waals surface area contributed by atoms with E-state index in [1.807, 2.05) is 4.90 Å². The summed E-state index contributed by atoms with van der Waals surface area (Å²) in [6.07, 6.45) is 4.23. The summed E-state index contributed by atoms with van der Waals surface area (Å²) in [7, 11) is 4.15. The third-order valence-electron chi connectivity index (χ3n) is 4.45. The van der Waals surface area contributed by atoms with E-state index in [0.29, 0.717) is 37.8 Å². The molecule has 3 heterocycles. The normalized spacial score (nSPS) is 28.3. The smallest absolute Gasteiger partial charge is 0.255 e. The highest BCUT2D eigenvalue weighted by Gasteiger charge is 2.44. The number of carbonyl (C=O) groups excluding carboxylic acids is 1. The minimum Gasteiger partial charge on any atom is -0.377 e. The first-order valence-electron chi connectivity index (χ1n) is 8.14. The van der Waals surface area contributed by atoms with Crippen molar-refractivity contribution in [3.8, 4) is 0 Å². The van der Waals surface area contributed by atoms with Crippen molar-refractivity contribution in [3.63, 3.8) is 0 Å². The lowest BCUT2D eigenvalue weighted by atomic mass is 9.94. The molecule has 2 saturated heterocycles. The molecule has 6 nitrogen and oxygen atoms in total. The van der Waals surface area contributed by atoms with Gasteiger partial charge in [-0.05, 0) is 38.6 Å². The number of hydrogen-bond acceptors (Lipinski definition) is 5. The fraction of sp³-hybridized carbons (Fsp3) is 0.647. The Kier molecular flexibility index (Phi) is 4.94. The van der Waals surface area contributed by atoms with E-state index in [0.717, 1.165) is 19.6 Å². The molecule has 1 aromatic rings. The van der Waals surface area contributed by atoms with Crippen LogP contribution in [0.1, 0.15) is 16.8 Å². The fourth-order valence-electron chi connectivity index (χ4n) is 3.53. The zero-order valence-corrected chi connectivity index (χ0v) is 13.9. The first-order valence-corrected chi connectivity index (χ1v) is 8.14. The molecule has 1 amide bonds. The number of amides is 1. The SMILES string of the molecule is CN(C)C[C@H]1CO[C@]2(COCCN(C(=O)c3cccnc3)C2)C1. The van der Waals surface area contributed by atoms with Gasteiger partial charge in [-0.3, -0.25) is 9.78 Å². The number of aromatic nitrogens is 1. The molecule has 6 heteroatoms. The second-order valence-electron chi connectivity index (χ2n) is 6.85. The van der Waals surface area contributed by atoms with Gasteiger partial charge in [-0.25, -0.2) is 0 Å². The lowest BCUT2D eigenvalue weighted by molar-refractivity contribution is -0.0539. The minimum absolute atomic E-state index is 0.00244. The summed E-state index contributed by atoms with van der Waals surface area (Å²) in [4.78, 5) is 20.8. The Morgan fingerprint density at radius 1 is 1.52 bits per heavy atom. The van der Waals surface area contributed by atoms with Crippen LogP contribution in [-0.2, 0) is 9.47 Å². The van der Waals surface area contributed by atoms with Crippen LogP contribution < -0.4 is 0 Å². The molecule has 0 bridgehead atoms. The van der Waals surface area contributed by atoms with Gasteiger partial charge in [0.2, 0.25) is 0 Å². The van der Waals surface area contributed by atoms with Gasteiger partial charge in [0, 0.05) is 25.5 Å². The van der Waals surface area contributed by atoms with Gasteiger partial charge in [-0.15, -0.1) is 0 Å². The predicted octanol–water partition coefficient (Wildman–Crippen LogP) is 0.891. The number of ether oxygens (including phenoxy) is 2. The molecule has 2 fully saturated rings. The summed E-state index contributed by atoms with van der Waals surface area (Å²) >= 11 is 0. The fourth-order valence-corrected chi connectivity index (χ4v) is 3.53. The Morgan fingerprint density at radius 2 is 2.39 bits per heavy atom. The van der Waals surface area contributed by atoms with Crippen LogP contribution in [0.25, 0.3) is 0 Å². The molecule has 0 radical (unpaired) electrons. The van der Waals surface area contributed by atoms with Crippen LogP contribution in [0.2, 0.25) is 0 Å². The average molecular weight is 319 g/mol. The molecule has 0 N–H and O–H groups in total. The van der Waals surface area contributed by atoms with Gasteiger partial charge < -0.3 is 19.3 Å². The van der Waals surface area contributed by atoms with E-state index >= 15 is 0 Å². The van der Waals surface area contributed by atoms with E-state index in [-0.39, 0.29) is 11.5 Å². The van der Waals surface area contributed by atoms with Gasteiger partial charge in [-0.2, -0.15) is 0 Å². The molecule has 23 heavy (non-hydrogen) atoms. The molecule has 1 spiro atoms. The summed E-state index contributed by atoms with van der Waals surface area (Å²) in [5.74, 6) is 0.490. The van der Waals surface area contributed by atoms with E-state index in [4.69, 9.17) is 9.47 Å². The van der Waals surface area contributed by atoms with Crippen LogP contribution in [0, 0.1) is 5.92 Å². The number of carbonyl (C=O) groups is 1. The van der Waals surface area contributed by atoms with Crippen molar-refractivity contribution in [2.24, 2.45) is 5.92 Å². The van der Waals surface area contributed by atoms with Crippen LogP contribution in [0.15, 0.2) is 24.5 Å². The molecule has 0 saturated carbocycles. The first kappa shape index (κ1) is 16.4. The Balaban J connectivity index is 1.70. The highest BCUT2D eigenvalue weighted by atomic mass is 16.5. The van der Waals surface area contributed by atoms with Gasteiger partial charge in [-0.1, -0.05) is 0 Å². The largest absolute Gasteiger partial charge is 0.377 e. The molecule has 126 valence electrons. The van der Waals surface area contributed by atoms with Crippen LogP contribution >= 0.6 is 0 Å². The van der Waals surface area contributed by atoms with Gasteiger partial charge in [0.1, 0.15) is 5.60 Å². The zero-order valence-electron chi connectivity index (χ0n) is 13.9. The highest BCUT2D eigenvalue weighted by molar-refractivity contribution is 5.93. The van der Waals surface area contributed by atoms with E-state index < -0.39 is 0 Å². The molecule has 1 aromatic heterocycles. The van der Waals surface area contributed by atoms with Crippen LogP contribution in [-0.4, -0.2) is 79.8 Å². The molecular weight excluding hydrogens is 294 g/mol. The topological polar surface area (TPSA) is 54.9 Å². The molecule has 0 unspecified atom stereocenters. The first-order chi connectivity index (χ1) is 11.1. The zero-order chi connectivity index (χ0) is 16.3. The summed E-state index contributed by atoms with van der Waals surface area (Å²) in [5.41, 5.74) is 0.252. The van der Waals surface area contributed by atoms with Crippen LogP contribution in [0.4, 0.5) is 0 Å². The minimum atomic E-state index is -0.366. The third-order valence-corrected chi connectivity index (χ3v) is 4.45. The quantitative estimate of drug-likeness (QED) is 0.828. The number of nitrogens with zero attached hydrogens (tertiary/aromatic N) is 3. The number of rotatable bonds is 3. The molecule has 3 rings (SSSR count). The summed E-state index contributed by atoms with van der Waals surface area (Å²) in [6, 6.07) is 3.59. The summed E-state index contributed by atoms with van der Waals surface area (Å²) in [6.45, 7) is 4.03. The van der Waals surface area contributed by atoms with Crippen molar-refractivity contribution in [2.75, 3.05) is 53.6 Å². The Labute approximate surface area is 137 Å². The Bertz CT molecular complexity index is 537. The van der Waals surface area contributed by atoms with Crippen molar-refractivity contribution in [2.45, 2.75) is 12.0 Å². The maximum absolute atomic E-state index is 12.7. The third kappa shape index (κ3) is 3.88. The summed E-state index contributed by atoms with van der Waals surface area (Å²) < 4.78 is 11.9. The second kappa shape index (κ2) is 6.95. The molecular formula is C17H25N3O3. The number of pyridine rings is 1. The Morgan fingerprint density at radius 3 is 3.13 bits per heavy atom. The monoisotopic (exact) mass is 319 g/mol. The highest BCUT2D eigenvalue weighted by Crippen LogP contribution is 2.33. The maximum Gasteiger partial charge on any atom is 0.255 e. The van der Waals surface area contributed by atoms with Crippen molar-refractivity contribution in [3.05, 3.63) is 30.1 Å². The van der Waals surface area contributed by atoms with Crippen molar-refractivity contribution < 1.29 is 14.3 Å². The van der Waals surface area contributed by atoms with Crippen LogP contribution in [0.3, 0.4) is 0 Å². The van der Waals surface area contributed by atoms with E-state index in [1.165, 1.54) is 0 Å². The van der Waals surface area contributed by atoms with Gasteiger partial charge in [0.15, 0.2) is 0 Å². The lowest BCUT2D eigenvalue weighted by Crippen LogP contribution is -2.46. The van der Waals surface area contributed by atoms with E-state index in [9.17, 15) is 4.79 Å².